The largest absolute Gasteiger partial charge is 0.394 e. The first-order chi connectivity index (χ1) is 7.84. The molecule has 0 bridgehead atoms. The van der Waals surface area contributed by atoms with E-state index in [0.717, 1.165) is 25.8 Å². The molecule has 1 aromatic rings. The van der Waals surface area contributed by atoms with Gasteiger partial charge >= 0.3 is 10.4 Å². The number of hydrogen-bond acceptors (Lipinski definition) is 4. The number of hydrogen-bond donors (Lipinski definition) is 3. The molecule has 0 amide bonds. The monoisotopic (exact) mass is 262 g/mol. The third-order valence-corrected chi connectivity index (χ3v) is 1.99. The molecule has 0 atom stereocenters. The maximum Gasteiger partial charge on any atom is 0.394 e. The molecule has 0 fully saturated rings. The van der Waals surface area contributed by atoms with Crippen LogP contribution in [0.5, 0.6) is 0 Å². The summed E-state index contributed by atoms with van der Waals surface area (Å²) in [6.07, 6.45) is 5.15. The van der Waals surface area contributed by atoms with E-state index in [1.807, 2.05) is 12.3 Å². The molecule has 0 saturated heterocycles. The van der Waals surface area contributed by atoms with Gasteiger partial charge in [0, 0.05) is 11.9 Å². The van der Waals surface area contributed by atoms with Gasteiger partial charge in [-0.25, -0.2) is 0 Å². The van der Waals surface area contributed by atoms with Crippen LogP contribution in [-0.4, -0.2) is 29.1 Å². The summed E-state index contributed by atoms with van der Waals surface area (Å²) < 4.78 is 31.6. The molecule has 4 N–H and O–H groups in total. The van der Waals surface area contributed by atoms with Gasteiger partial charge in [0.15, 0.2) is 0 Å². The van der Waals surface area contributed by atoms with E-state index in [1.165, 1.54) is 11.3 Å². The molecule has 98 valence electrons. The normalized spacial score (nSPS) is 10.6. The van der Waals surface area contributed by atoms with Crippen molar-refractivity contribution in [3.05, 3.63) is 29.6 Å². The quantitative estimate of drug-likeness (QED) is 0.551. The Hall–Kier alpha value is -1.02. The van der Waals surface area contributed by atoms with Gasteiger partial charge in [-0.05, 0) is 44.4 Å². The van der Waals surface area contributed by atoms with Crippen molar-refractivity contribution in [2.45, 2.75) is 26.2 Å². The predicted octanol–water partition coefficient (Wildman–Crippen LogP) is 1.02. The molecule has 7 heteroatoms. The van der Waals surface area contributed by atoms with Gasteiger partial charge in [-0.1, -0.05) is 6.07 Å². The van der Waals surface area contributed by atoms with Gasteiger partial charge in [0.2, 0.25) is 0 Å². The van der Waals surface area contributed by atoms with E-state index in [4.69, 9.17) is 23.3 Å². The highest BCUT2D eigenvalue weighted by atomic mass is 32.3. The van der Waals surface area contributed by atoms with Gasteiger partial charge in [0.05, 0.1) is 0 Å². The lowest BCUT2D eigenvalue weighted by molar-refractivity contribution is 0.381. The minimum Gasteiger partial charge on any atom is -0.330 e. The fraction of sp³-hybridized carbons (Fsp3) is 0.500. The van der Waals surface area contributed by atoms with E-state index in [2.05, 4.69) is 18.0 Å². The van der Waals surface area contributed by atoms with Gasteiger partial charge in [0.25, 0.3) is 0 Å². The number of aryl methyl sites for hydroxylation is 2. The molecule has 0 aliphatic rings. The average Bonchev–Trinajstić information content (AvgIpc) is 2.19. The zero-order valence-corrected chi connectivity index (χ0v) is 10.5. The lowest BCUT2D eigenvalue weighted by Crippen LogP contribution is -2.00. The summed E-state index contributed by atoms with van der Waals surface area (Å²) >= 11 is 0. The summed E-state index contributed by atoms with van der Waals surface area (Å²) in [5.41, 5.74) is 7.91. The van der Waals surface area contributed by atoms with E-state index in [9.17, 15) is 0 Å². The fourth-order valence-corrected chi connectivity index (χ4v) is 1.22. The zero-order valence-electron chi connectivity index (χ0n) is 9.70. The van der Waals surface area contributed by atoms with Crippen molar-refractivity contribution >= 4 is 10.4 Å². The van der Waals surface area contributed by atoms with Crippen molar-refractivity contribution in [1.29, 1.82) is 0 Å². The number of pyridine rings is 1. The van der Waals surface area contributed by atoms with Crippen LogP contribution in [0.1, 0.15) is 24.1 Å². The second kappa shape index (κ2) is 8.13. The molecule has 0 aliphatic carbocycles. The van der Waals surface area contributed by atoms with Crippen molar-refractivity contribution in [3.8, 4) is 0 Å². The molecule has 0 radical (unpaired) electrons. The van der Waals surface area contributed by atoms with Crippen LogP contribution in [0.15, 0.2) is 18.3 Å². The molecule has 17 heavy (non-hydrogen) atoms. The van der Waals surface area contributed by atoms with Crippen LogP contribution < -0.4 is 5.73 Å². The summed E-state index contributed by atoms with van der Waals surface area (Å²) in [6.45, 7) is 2.89. The highest BCUT2D eigenvalue weighted by molar-refractivity contribution is 7.79. The molecule has 1 heterocycles. The van der Waals surface area contributed by atoms with E-state index >= 15 is 0 Å². The molecule has 0 saturated carbocycles. The molecule has 1 aromatic heterocycles. The van der Waals surface area contributed by atoms with Crippen molar-refractivity contribution in [1.82, 2.24) is 4.98 Å². The van der Waals surface area contributed by atoms with Crippen LogP contribution in [0.25, 0.3) is 0 Å². The standard InChI is InChI=1S/C10H16N2.H2O4S/c1-9-5-4-8-12-10(9)6-2-3-7-11;1-5(2,3)4/h4-5,8H,2-3,6-7,11H2,1H3;(H2,1,2,3,4). The summed E-state index contributed by atoms with van der Waals surface area (Å²) in [6, 6.07) is 4.08. The Balaban J connectivity index is 0.000000437. The maximum absolute atomic E-state index is 8.74. The van der Waals surface area contributed by atoms with Crippen molar-refractivity contribution in [3.63, 3.8) is 0 Å². The predicted molar refractivity (Wildman–Crippen MR) is 65.1 cm³/mol. The zero-order chi connectivity index (χ0) is 13.3. The van der Waals surface area contributed by atoms with Crippen LogP contribution in [0.2, 0.25) is 0 Å². The first-order valence-electron chi connectivity index (χ1n) is 5.15. The van der Waals surface area contributed by atoms with Crippen molar-refractivity contribution < 1.29 is 17.5 Å². The highest BCUT2D eigenvalue weighted by Gasteiger charge is 1.96. The third kappa shape index (κ3) is 11.2. The van der Waals surface area contributed by atoms with E-state index in [1.54, 1.807) is 0 Å². The summed E-state index contributed by atoms with van der Waals surface area (Å²) in [5.74, 6) is 0. The molecule has 0 aromatic carbocycles. The number of unbranched alkanes of at least 4 members (excludes halogenated alkanes) is 1. The Bertz CT molecular complexity index is 412. The van der Waals surface area contributed by atoms with Crippen LogP contribution in [-0.2, 0) is 16.8 Å². The highest BCUT2D eigenvalue weighted by Crippen LogP contribution is 2.06. The number of aromatic nitrogens is 1. The molecule has 0 aliphatic heterocycles. The minimum absolute atomic E-state index is 0.784. The lowest BCUT2D eigenvalue weighted by atomic mass is 10.1. The topological polar surface area (TPSA) is 114 Å². The van der Waals surface area contributed by atoms with Gasteiger partial charge in [0.1, 0.15) is 0 Å². The lowest BCUT2D eigenvalue weighted by Gasteiger charge is -2.02. The smallest absolute Gasteiger partial charge is 0.330 e. The maximum atomic E-state index is 8.74. The van der Waals surface area contributed by atoms with Crippen molar-refractivity contribution in [2.24, 2.45) is 5.73 Å². The average molecular weight is 262 g/mol. The Morgan fingerprint density at radius 1 is 1.35 bits per heavy atom. The minimum atomic E-state index is -4.67. The van der Waals surface area contributed by atoms with Gasteiger partial charge < -0.3 is 5.73 Å². The SMILES string of the molecule is Cc1cccnc1CCCCN.O=S(=O)(O)O. The summed E-state index contributed by atoms with van der Waals surface area (Å²) in [4.78, 5) is 4.31. The molecular weight excluding hydrogens is 244 g/mol. The number of nitrogens with two attached hydrogens (primary N) is 1. The van der Waals surface area contributed by atoms with Crippen LogP contribution in [0.3, 0.4) is 0 Å². The molecule has 0 spiro atoms. The van der Waals surface area contributed by atoms with Gasteiger partial charge in [-0.3, -0.25) is 14.1 Å². The second-order valence-electron chi connectivity index (χ2n) is 3.46. The molecule has 0 unspecified atom stereocenters. The second-order valence-corrected chi connectivity index (χ2v) is 4.36. The van der Waals surface area contributed by atoms with Gasteiger partial charge in [-0.15, -0.1) is 0 Å². The molecular formula is C10H18N2O4S. The molecule has 6 nitrogen and oxygen atoms in total. The first-order valence-corrected chi connectivity index (χ1v) is 6.54. The Kier molecular flexibility index (Phi) is 7.64. The summed E-state index contributed by atoms with van der Waals surface area (Å²) in [7, 11) is -4.67. The van der Waals surface area contributed by atoms with Gasteiger partial charge in [-0.2, -0.15) is 8.42 Å². The van der Waals surface area contributed by atoms with Crippen molar-refractivity contribution in [2.75, 3.05) is 6.54 Å². The molecule has 1 rings (SSSR count). The van der Waals surface area contributed by atoms with E-state index in [0.29, 0.717) is 0 Å². The van der Waals surface area contributed by atoms with Crippen LogP contribution in [0, 0.1) is 6.92 Å². The Morgan fingerprint density at radius 2 is 1.94 bits per heavy atom. The van der Waals surface area contributed by atoms with Crippen LogP contribution >= 0.6 is 0 Å². The third-order valence-electron chi connectivity index (χ3n) is 1.99. The fourth-order valence-electron chi connectivity index (χ4n) is 1.22. The van der Waals surface area contributed by atoms with Crippen LogP contribution in [0.4, 0.5) is 0 Å². The summed E-state index contributed by atoms with van der Waals surface area (Å²) in [5, 5.41) is 0. The van der Waals surface area contributed by atoms with E-state index < -0.39 is 10.4 Å². The number of nitrogens with zero attached hydrogens (tertiary/aromatic N) is 1. The first kappa shape index (κ1) is 16.0. The Morgan fingerprint density at radius 3 is 2.41 bits per heavy atom. The number of rotatable bonds is 4. The Labute approximate surface area is 101 Å². The van der Waals surface area contributed by atoms with E-state index in [-0.39, 0.29) is 0 Å².